The molecule has 2 aromatic carbocycles. The molecule has 0 bridgehead atoms. The molecule has 1 amide bonds. The number of carbonyl (C=O) groups is 1. The second kappa shape index (κ2) is 5.94. The Labute approximate surface area is 121 Å². The summed E-state index contributed by atoms with van der Waals surface area (Å²) in [5, 5.41) is 9.87. The van der Waals surface area contributed by atoms with Gasteiger partial charge in [-0.3, -0.25) is 4.79 Å². The lowest BCUT2D eigenvalue weighted by atomic mass is 10.1. The van der Waals surface area contributed by atoms with E-state index in [0.717, 1.165) is 0 Å². The first-order valence-corrected chi connectivity index (χ1v) is 6.40. The molecular formula is C15H14ClNO3. The number of rotatable bonds is 4. The van der Waals surface area contributed by atoms with E-state index in [-0.39, 0.29) is 0 Å². The minimum atomic E-state index is -0.587. The van der Waals surface area contributed by atoms with E-state index in [4.69, 9.17) is 22.1 Å². The Hall–Kier alpha value is -2.04. The maximum Gasteiger partial charge on any atom is 0.248 e. The number of nitrogens with two attached hydrogens (primary N) is 1. The van der Waals surface area contributed by atoms with Crippen molar-refractivity contribution in [2.75, 3.05) is 0 Å². The van der Waals surface area contributed by atoms with Gasteiger partial charge in [-0.15, -0.1) is 0 Å². The lowest BCUT2D eigenvalue weighted by Gasteiger charge is -2.10. The Balaban J connectivity index is 2.19. The van der Waals surface area contributed by atoms with Gasteiger partial charge < -0.3 is 15.6 Å². The van der Waals surface area contributed by atoms with Gasteiger partial charge in [0.05, 0.1) is 11.1 Å². The van der Waals surface area contributed by atoms with Crippen LogP contribution in [-0.2, 0) is 0 Å². The molecule has 0 aromatic heterocycles. The molecular weight excluding hydrogens is 278 g/mol. The molecule has 0 aliphatic heterocycles. The van der Waals surface area contributed by atoms with Crippen LogP contribution in [0.3, 0.4) is 0 Å². The van der Waals surface area contributed by atoms with Crippen molar-refractivity contribution in [2.24, 2.45) is 5.73 Å². The van der Waals surface area contributed by atoms with Crippen LogP contribution in [0.1, 0.15) is 28.9 Å². The zero-order valence-corrected chi connectivity index (χ0v) is 11.6. The highest BCUT2D eigenvalue weighted by molar-refractivity contribution is 6.32. The minimum absolute atomic E-state index is 0.405. The summed E-state index contributed by atoms with van der Waals surface area (Å²) in [5.41, 5.74) is 6.29. The van der Waals surface area contributed by atoms with Crippen LogP contribution in [0.2, 0.25) is 5.02 Å². The molecule has 0 heterocycles. The van der Waals surface area contributed by atoms with E-state index < -0.39 is 12.0 Å². The standard InChI is InChI=1S/C15H14ClNO3/c1-9(18)11-4-7-14(13(16)8-11)20-12-5-2-10(3-6-12)15(17)19/h2-9,18H,1H3,(H2,17,19). The van der Waals surface area contributed by atoms with Gasteiger partial charge in [0.1, 0.15) is 11.5 Å². The zero-order chi connectivity index (χ0) is 14.7. The normalized spacial score (nSPS) is 11.9. The van der Waals surface area contributed by atoms with Gasteiger partial charge in [0.2, 0.25) is 5.91 Å². The van der Waals surface area contributed by atoms with Crippen LogP contribution < -0.4 is 10.5 Å². The van der Waals surface area contributed by atoms with Crippen LogP contribution >= 0.6 is 11.6 Å². The Bertz CT molecular complexity index is 624. The van der Waals surface area contributed by atoms with E-state index in [1.54, 1.807) is 49.4 Å². The first kappa shape index (κ1) is 14.4. The molecule has 5 heteroatoms. The molecule has 2 aromatic rings. The van der Waals surface area contributed by atoms with E-state index in [1.807, 2.05) is 0 Å². The van der Waals surface area contributed by atoms with Crippen molar-refractivity contribution in [1.82, 2.24) is 0 Å². The fourth-order valence-corrected chi connectivity index (χ4v) is 1.90. The van der Waals surface area contributed by atoms with Crippen LogP contribution in [0.5, 0.6) is 11.5 Å². The molecule has 0 spiro atoms. The van der Waals surface area contributed by atoms with Crippen molar-refractivity contribution in [3.63, 3.8) is 0 Å². The number of aliphatic hydroxyl groups excluding tert-OH is 1. The van der Waals surface area contributed by atoms with Crippen LogP contribution in [-0.4, -0.2) is 11.0 Å². The molecule has 2 rings (SSSR count). The molecule has 3 N–H and O–H groups in total. The number of benzene rings is 2. The third kappa shape index (κ3) is 3.29. The molecule has 20 heavy (non-hydrogen) atoms. The number of carbonyl (C=O) groups excluding carboxylic acids is 1. The summed E-state index contributed by atoms with van der Waals surface area (Å²) in [5.74, 6) is 0.528. The van der Waals surface area contributed by atoms with E-state index in [9.17, 15) is 9.90 Å². The zero-order valence-electron chi connectivity index (χ0n) is 10.8. The van der Waals surface area contributed by atoms with E-state index in [1.165, 1.54) is 0 Å². The molecule has 0 saturated heterocycles. The average Bonchev–Trinajstić information content (AvgIpc) is 2.41. The van der Waals surface area contributed by atoms with Crippen molar-refractivity contribution < 1.29 is 14.6 Å². The summed E-state index contributed by atoms with van der Waals surface area (Å²) in [6.45, 7) is 1.66. The molecule has 4 nitrogen and oxygen atoms in total. The molecule has 1 atom stereocenters. The van der Waals surface area contributed by atoms with Gasteiger partial charge in [-0.05, 0) is 48.9 Å². The Kier molecular flexibility index (Phi) is 4.27. The van der Waals surface area contributed by atoms with Gasteiger partial charge in [0.15, 0.2) is 0 Å². The van der Waals surface area contributed by atoms with Crippen molar-refractivity contribution in [2.45, 2.75) is 13.0 Å². The molecule has 0 aliphatic carbocycles. The summed E-state index contributed by atoms with van der Waals surface area (Å²) in [7, 11) is 0. The summed E-state index contributed by atoms with van der Waals surface area (Å²) >= 11 is 6.09. The molecule has 0 fully saturated rings. The third-order valence-electron chi connectivity index (χ3n) is 2.80. The number of hydrogen-bond acceptors (Lipinski definition) is 3. The first-order valence-electron chi connectivity index (χ1n) is 6.02. The topological polar surface area (TPSA) is 72.6 Å². The highest BCUT2D eigenvalue weighted by atomic mass is 35.5. The number of amides is 1. The minimum Gasteiger partial charge on any atom is -0.456 e. The Morgan fingerprint density at radius 1 is 1.25 bits per heavy atom. The number of primary amides is 1. The first-order chi connectivity index (χ1) is 9.47. The van der Waals surface area contributed by atoms with Gasteiger partial charge >= 0.3 is 0 Å². The van der Waals surface area contributed by atoms with Crippen molar-refractivity contribution >= 4 is 17.5 Å². The Morgan fingerprint density at radius 3 is 2.40 bits per heavy atom. The summed E-state index contributed by atoms with van der Waals surface area (Å²) < 4.78 is 5.61. The molecule has 0 aliphatic rings. The Morgan fingerprint density at radius 2 is 1.90 bits per heavy atom. The van der Waals surface area contributed by atoms with E-state index >= 15 is 0 Å². The van der Waals surface area contributed by atoms with Crippen LogP contribution in [0.25, 0.3) is 0 Å². The predicted octanol–water partition coefficient (Wildman–Crippen LogP) is 3.28. The summed E-state index contributed by atoms with van der Waals surface area (Å²) in [6, 6.07) is 11.5. The molecule has 0 saturated carbocycles. The van der Waals surface area contributed by atoms with Gasteiger partial charge in [-0.25, -0.2) is 0 Å². The molecule has 1 unspecified atom stereocenters. The second-order valence-electron chi connectivity index (χ2n) is 4.36. The summed E-state index contributed by atoms with van der Waals surface area (Å²) in [4.78, 5) is 11.0. The van der Waals surface area contributed by atoms with Gasteiger partial charge in [-0.2, -0.15) is 0 Å². The highest BCUT2D eigenvalue weighted by Crippen LogP contribution is 2.31. The maximum atomic E-state index is 11.0. The van der Waals surface area contributed by atoms with E-state index in [2.05, 4.69) is 0 Å². The monoisotopic (exact) mass is 291 g/mol. The maximum absolute atomic E-state index is 11.0. The number of aliphatic hydroxyl groups is 1. The fraction of sp³-hybridized carbons (Fsp3) is 0.133. The average molecular weight is 292 g/mol. The number of ether oxygens (including phenoxy) is 1. The molecule has 0 radical (unpaired) electrons. The third-order valence-corrected chi connectivity index (χ3v) is 3.10. The van der Waals surface area contributed by atoms with Gasteiger partial charge in [0, 0.05) is 5.56 Å². The smallest absolute Gasteiger partial charge is 0.248 e. The van der Waals surface area contributed by atoms with Crippen LogP contribution in [0, 0.1) is 0 Å². The van der Waals surface area contributed by atoms with Crippen molar-refractivity contribution in [3.8, 4) is 11.5 Å². The van der Waals surface area contributed by atoms with Crippen molar-refractivity contribution in [1.29, 1.82) is 0 Å². The largest absolute Gasteiger partial charge is 0.456 e. The fourth-order valence-electron chi connectivity index (χ4n) is 1.67. The highest BCUT2D eigenvalue weighted by Gasteiger charge is 2.08. The van der Waals surface area contributed by atoms with Crippen LogP contribution in [0.4, 0.5) is 0 Å². The van der Waals surface area contributed by atoms with Crippen LogP contribution in [0.15, 0.2) is 42.5 Å². The lowest BCUT2D eigenvalue weighted by Crippen LogP contribution is -2.10. The molecule has 104 valence electrons. The number of halogens is 1. The van der Waals surface area contributed by atoms with E-state index in [0.29, 0.717) is 27.6 Å². The predicted molar refractivity (Wildman–Crippen MR) is 77.1 cm³/mol. The quantitative estimate of drug-likeness (QED) is 0.908. The number of hydrogen-bond donors (Lipinski definition) is 2. The SMILES string of the molecule is CC(O)c1ccc(Oc2ccc(C(N)=O)cc2)c(Cl)c1. The van der Waals surface area contributed by atoms with Gasteiger partial charge in [-0.1, -0.05) is 17.7 Å². The van der Waals surface area contributed by atoms with Crippen molar-refractivity contribution in [3.05, 3.63) is 58.6 Å². The van der Waals surface area contributed by atoms with Gasteiger partial charge in [0.25, 0.3) is 0 Å². The summed E-state index contributed by atoms with van der Waals surface area (Å²) in [6.07, 6.45) is -0.587. The lowest BCUT2D eigenvalue weighted by molar-refractivity contribution is 0.100. The second-order valence-corrected chi connectivity index (χ2v) is 4.76.